The van der Waals surface area contributed by atoms with E-state index in [1.807, 2.05) is 0 Å². The Bertz CT molecular complexity index is 481. The van der Waals surface area contributed by atoms with Gasteiger partial charge in [-0.25, -0.2) is 4.39 Å². The SMILES string of the molecule is N/C(=N/O)c1c(F)cccc1N1CCOCC1CO. The molecular weight excluding hydrogens is 253 g/mol. The maximum Gasteiger partial charge on any atom is 0.175 e. The molecule has 1 aromatic rings. The zero-order valence-electron chi connectivity index (χ0n) is 10.3. The van der Waals surface area contributed by atoms with Gasteiger partial charge in [-0.3, -0.25) is 0 Å². The number of aliphatic hydroxyl groups is 1. The lowest BCUT2D eigenvalue weighted by molar-refractivity contribution is 0.0726. The first kappa shape index (κ1) is 13.6. The lowest BCUT2D eigenvalue weighted by Crippen LogP contribution is -2.48. The zero-order chi connectivity index (χ0) is 13.8. The molecule has 0 radical (unpaired) electrons. The molecule has 1 aromatic carbocycles. The first-order valence-corrected chi connectivity index (χ1v) is 5.90. The summed E-state index contributed by atoms with van der Waals surface area (Å²) in [5.41, 5.74) is 6.05. The summed E-state index contributed by atoms with van der Waals surface area (Å²) < 4.78 is 19.2. The van der Waals surface area contributed by atoms with E-state index in [0.717, 1.165) is 0 Å². The topological polar surface area (TPSA) is 91.3 Å². The fourth-order valence-corrected chi connectivity index (χ4v) is 2.18. The van der Waals surface area contributed by atoms with Gasteiger partial charge in [0.1, 0.15) is 5.82 Å². The van der Waals surface area contributed by atoms with Crippen LogP contribution >= 0.6 is 0 Å². The predicted molar refractivity (Wildman–Crippen MR) is 67.9 cm³/mol. The molecule has 1 unspecified atom stereocenters. The molecule has 0 bridgehead atoms. The van der Waals surface area contributed by atoms with Gasteiger partial charge in [0.15, 0.2) is 5.84 Å². The van der Waals surface area contributed by atoms with Gasteiger partial charge in [0.2, 0.25) is 0 Å². The van der Waals surface area contributed by atoms with Crippen LogP contribution in [0.25, 0.3) is 0 Å². The zero-order valence-corrected chi connectivity index (χ0v) is 10.3. The van der Waals surface area contributed by atoms with Crippen molar-refractivity contribution in [3.8, 4) is 0 Å². The number of hydrogen-bond acceptors (Lipinski definition) is 5. The van der Waals surface area contributed by atoms with Crippen molar-refractivity contribution in [3.63, 3.8) is 0 Å². The van der Waals surface area contributed by atoms with Crippen molar-refractivity contribution in [3.05, 3.63) is 29.6 Å². The Labute approximate surface area is 109 Å². The van der Waals surface area contributed by atoms with Crippen molar-refractivity contribution in [2.75, 3.05) is 31.3 Å². The molecule has 4 N–H and O–H groups in total. The van der Waals surface area contributed by atoms with E-state index in [1.54, 1.807) is 17.0 Å². The number of halogens is 1. The van der Waals surface area contributed by atoms with E-state index in [-0.39, 0.29) is 24.0 Å². The molecule has 1 saturated heterocycles. The second kappa shape index (κ2) is 5.85. The Balaban J connectivity index is 2.46. The van der Waals surface area contributed by atoms with Crippen molar-refractivity contribution in [2.24, 2.45) is 10.9 Å². The summed E-state index contributed by atoms with van der Waals surface area (Å²) >= 11 is 0. The van der Waals surface area contributed by atoms with Crippen LogP contribution in [0.3, 0.4) is 0 Å². The van der Waals surface area contributed by atoms with Gasteiger partial charge in [-0.05, 0) is 12.1 Å². The van der Waals surface area contributed by atoms with Crippen molar-refractivity contribution >= 4 is 11.5 Å². The second-order valence-electron chi connectivity index (χ2n) is 4.22. The van der Waals surface area contributed by atoms with Crippen LogP contribution < -0.4 is 10.6 Å². The molecule has 0 aliphatic carbocycles. The number of nitrogens with two attached hydrogens (primary N) is 1. The lowest BCUT2D eigenvalue weighted by Gasteiger charge is -2.37. The molecule has 6 nitrogen and oxygen atoms in total. The number of aliphatic hydroxyl groups excluding tert-OH is 1. The molecule has 0 saturated carbocycles. The molecule has 1 heterocycles. The molecule has 2 rings (SSSR count). The number of nitrogens with zero attached hydrogens (tertiary/aromatic N) is 2. The number of hydrogen-bond donors (Lipinski definition) is 3. The number of morpholine rings is 1. The number of benzene rings is 1. The quantitative estimate of drug-likeness (QED) is 0.314. The summed E-state index contributed by atoms with van der Waals surface area (Å²) in [7, 11) is 0. The Kier molecular flexibility index (Phi) is 4.18. The molecule has 1 aliphatic rings. The number of anilines is 1. The Morgan fingerprint density at radius 3 is 3.05 bits per heavy atom. The fourth-order valence-electron chi connectivity index (χ4n) is 2.18. The summed E-state index contributed by atoms with van der Waals surface area (Å²) in [4.78, 5) is 1.81. The van der Waals surface area contributed by atoms with E-state index in [9.17, 15) is 9.50 Å². The van der Waals surface area contributed by atoms with Crippen LogP contribution in [0.2, 0.25) is 0 Å². The van der Waals surface area contributed by atoms with Gasteiger partial charge in [-0.2, -0.15) is 0 Å². The normalized spacial score (nSPS) is 20.6. The molecule has 1 aliphatic heterocycles. The van der Waals surface area contributed by atoms with Crippen LogP contribution in [0.5, 0.6) is 0 Å². The Morgan fingerprint density at radius 2 is 2.37 bits per heavy atom. The average Bonchev–Trinajstić information content (AvgIpc) is 2.46. The van der Waals surface area contributed by atoms with Crippen LogP contribution in [0, 0.1) is 5.82 Å². The smallest absolute Gasteiger partial charge is 0.175 e. The maximum atomic E-state index is 13.9. The van der Waals surface area contributed by atoms with Crippen molar-refractivity contribution in [1.29, 1.82) is 0 Å². The molecule has 7 heteroatoms. The number of ether oxygens (including phenoxy) is 1. The summed E-state index contributed by atoms with van der Waals surface area (Å²) in [6, 6.07) is 4.18. The number of amidine groups is 1. The van der Waals surface area contributed by atoms with E-state index in [2.05, 4.69) is 5.16 Å². The monoisotopic (exact) mass is 269 g/mol. The van der Waals surface area contributed by atoms with Crippen LogP contribution in [0.15, 0.2) is 23.4 Å². The van der Waals surface area contributed by atoms with Crippen LogP contribution in [-0.4, -0.2) is 48.6 Å². The Morgan fingerprint density at radius 1 is 1.58 bits per heavy atom. The largest absolute Gasteiger partial charge is 0.409 e. The molecule has 0 aromatic heterocycles. The molecule has 0 amide bonds. The minimum Gasteiger partial charge on any atom is -0.409 e. The highest BCUT2D eigenvalue weighted by Crippen LogP contribution is 2.26. The highest BCUT2D eigenvalue weighted by atomic mass is 19.1. The minimum atomic E-state index is -0.573. The van der Waals surface area contributed by atoms with Crippen LogP contribution in [0.1, 0.15) is 5.56 Å². The molecule has 19 heavy (non-hydrogen) atoms. The average molecular weight is 269 g/mol. The highest BCUT2D eigenvalue weighted by Gasteiger charge is 2.26. The van der Waals surface area contributed by atoms with E-state index >= 15 is 0 Å². The maximum absolute atomic E-state index is 13.9. The first-order chi connectivity index (χ1) is 9.19. The molecule has 0 spiro atoms. The van der Waals surface area contributed by atoms with E-state index in [1.165, 1.54) is 6.07 Å². The van der Waals surface area contributed by atoms with Crippen LogP contribution in [0.4, 0.5) is 10.1 Å². The summed E-state index contributed by atoms with van der Waals surface area (Å²) in [5, 5.41) is 21.0. The summed E-state index contributed by atoms with van der Waals surface area (Å²) in [5.74, 6) is -0.868. The van der Waals surface area contributed by atoms with Gasteiger partial charge in [0, 0.05) is 6.54 Å². The summed E-state index contributed by atoms with van der Waals surface area (Å²) in [6.07, 6.45) is 0. The highest BCUT2D eigenvalue weighted by molar-refractivity contribution is 6.02. The fraction of sp³-hybridized carbons (Fsp3) is 0.417. The molecular formula is C12H16FN3O3. The first-order valence-electron chi connectivity index (χ1n) is 5.90. The van der Waals surface area contributed by atoms with Crippen molar-refractivity contribution in [2.45, 2.75) is 6.04 Å². The van der Waals surface area contributed by atoms with Gasteiger partial charge in [-0.15, -0.1) is 0 Å². The van der Waals surface area contributed by atoms with E-state index in [0.29, 0.717) is 25.4 Å². The third kappa shape index (κ3) is 2.61. The van der Waals surface area contributed by atoms with Gasteiger partial charge >= 0.3 is 0 Å². The summed E-state index contributed by atoms with van der Waals surface area (Å²) in [6.45, 7) is 1.21. The molecule has 1 fully saturated rings. The minimum absolute atomic E-state index is 0.0327. The predicted octanol–water partition coefficient (Wildman–Crippen LogP) is 0.118. The van der Waals surface area contributed by atoms with Gasteiger partial charge < -0.3 is 25.7 Å². The van der Waals surface area contributed by atoms with Crippen LogP contribution in [-0.2, 0) is 4.74 Å². The second-order valence-corrected chi connectivity index (χ2v) is 4.22. The van der Waals surface area contributed by atoms with E-state index in [4.69, 9.17) is 15.7 Å². The Hall–Kier alpha value is -1.86. The number of oxime groups is 1. The standard InChI is InChI=1S/C12H16FN3O3/c13-9-2-1-3-10(11(9)12(14)15-18)16-4-5-19-7-8(16)6-17/h1-3,8,17-18H,4-7H2,(H2,14,15). The molecule has 1 atom stereocenters. The van der Waals surface area contributed by atoms with Crippen molar-refractivity contribution in [1.82, 2.24) is 0 Å². The van der Waals surface area contributed by atoms with E-state index < -0.39 is 5.82 Å². The van der Waals surface area contributed by atoms with Crippen molar-refractivity contribution < 1.29 is 19.4 Å². The van der Waals surface area contributed by atoms with Gasteiger partial charge in [0.25, 0.3) is 0 Å². The van der Waals surface area contributed by atoms with Gasteiger partial charge in [-0.1, -0.05) is 11.2 Å². The molecule has 104 valence electrons. The van der Waals surface area contributed by atoms with Gasteiger partial charge in [0.05, 0.1) is 37.1 Å². The third-order valence-electron chi connectivity index (χ3n) is 3.10. The number of rotatable bonds is 3. The lowest BCUT2D eigenvalue weighted by atomic mass is 10.1. The third-order valence-corrected chi connectivity index (χ3v) is 3.10.